The molecular weight excluding hydrogens is 222 g/mol. The van der Waals surface area contributed by atoms with Crippen molar-refractivity contribution in [2.75, 3.05) is 19.8 Å². The topological polar surface area (TPSA) is 47.9 Å². The number of nitrogens with zero attached hydrogens (tertiary/aromatic N) is 1. The van der Waals surface area contributed by atoms with Crippen molar-refractivity contribution in [3.8, 4) is 0 Å². The number of unbranched alkanes of at least 4 members (excludes halogenated alkanes) is 1. The molecule has 0 aliphatic carbocycles. The largest absolute Gasteiger partial charge is 0.394 e. The fourth-order valence-electron chi connectivity index (χ4n) is 1.72. The summed E-state index contributed by atoms with van der Waals surface area (Å²) in [6.45, 7) is 8.14. The monoisotopic (exact) mass is 245 g/mol. The Morgan fingerprint density at radius 2 is 1.75 bits per heavy atom. The second-order valence-corrected chi connectivity index (χ2v) is 7.17. The van der Waals surface area contributed by atoms with Crippen LogP contribution in [-0.4, -0.2) is 34.4 Å². The minimum Gasteiger partial charge on any atom is -0.394 e. The van der Waals surface area contributed by atoms with Crippen LogP contribution < -0.4 is 0 Å². The fourth-order valence-corrected chi connectivity index (χ4v) is 4.70. The van der Waals surface area contributed by atoms with Crippen molar-refractivity contribution in [3.63, 3.8) is 0 Å². The molecule has 0 radical (unpaired) electrons. The van der Waals surface area contributed by atoms with Crippen molar-refractivity contribution in [3.05, 3.63) is 0 Å². The SMILES string of the molecule is CCO[Si](CC)(CCCCN=C=O)OCC. The Hall–Kier alpha value is -0.483. The van der Waals surface area contributed by atoms with Crippen LogP contribution in [-0.2, 0) is 13.6 Å². The molecule has 0 heterocycles. The van der Waals surface area contributed by atoms with Crippen LogP contribution in [0, 0.1) is 0 Å². The van der Waals surface area contributed by atoms with Crippen molar-refractivity contribution < 1.29 is 13.6 Å². The van der Waals surface area contributed by atoms with Gasteiger partial charge in [0.15, 0.2) is 0 Å². The smallest absolute Gasteiger partial charge is 0.337 e. The average molecular weight is 245 g/mol. The molecule has 94 valence electrons. The molecule has 0 spiro atoms. The molecule has 0 bridgehead atoms. The lowest BCUT2D eigenvalue weighted by Gasteiger charge is -2.28. The van der Waals surface area contributed by atoms with E-state index in [2.05, 4.69) is 11.9 Å². The van der Waals surface area contributed by atoms with Gasteiger partial charge in [0.05, 0.1) is 6.54 Å². The third-order valence-corrected chi connectivity index (χ3v) is 6.32. The lowest BCUT2D eigenvalue weighted by molar-refractivity contribution is 0.182. The molecule has 0 aromatic heterocycles. The minimum absolute atomic E-state index is 0.565. The van der Waals surface area contributed by atoms with Gasteiger partial charge in [-0.1, -0.05) is 6.92 Å². The first-order valence-corrected chi connectivity index (χ1v) is 8.29. The summed E-state index contributed by atoms with van der Waals surface area (Å²) >= 11 is 0. The summed E-state index contributed by atoms with van der Waals surface area (Å²) in [4.78, 5) is 13.4. The maximum atomic E-state index is 9.89. The number of carbonyl (C=O) groups excluding carboxylic acids is 1. The van der Waals surface area contributed by atoms with Gasteiger partial charge in [0.1, 0.15) is 0 Å². The predicted molar refractivity (Wildman–Crippen MR) is 66.5 cm³/mol. The van der Waals surface area contributed by atoms with E-state index in [9.17, 15) is 4.79 Å². The highest BCUT2D eigenvalue weighted by Crippen LogP contribution is 2.21. The summed E-state index contributed by atoms with van der Waals surface area (Å²) in [6.07, 6.45) is 3.47. The zero-order valence-electron chi connectivity index (χ0n) is 10.6. The summed E-state index contributed by atoms with van der Waals surface area (Å²) in [5.74, 6) is 0. The average Bonchev–Trinajstić information content (AvgIpc) is 2.29. The van der Waals surface area contributed by atoms with Gasteiger partial charge in [-0.25, -0.2) is 9.79 Å². The van der Waals surface area contributed by atoms with Crippen LogP contribution in [0.3, 0.4) is 0 Å². The Labute approximate surface area is 99.3 Å². The second kappa shape index (κ2) is 9.72. The molecule has 0 aromatic carbocycles. The van der Waals surface area contributed by atoms with Gasteiger partial charge in [-0.3, -0.25) is 0 Å². The van der Waals surface area contributed by atoms with E-state index in [1.54, 1.807) is 6.08 Å². The third kappa shape index (κ3) is 6.18. The van der Waals surface area contributed by atoms with Crippen LogP contribution in [0.5, 0.6) is 0 Å². The van der Waals surface area contributed by atoms with Gasteiger partial charge in [-0.15, -0.1) is 0 Å². The summed E-state index contributed by atoms with van der Waals surface area (Å²) in [7, 11) is -1.97. The Balaban J connectivity index is 4.02. The van der Waals surface area contributed by atoms with E-state index >= 15 is 0 Å². The molecule has 4 nitrogen and oxygen atoms in total. The standard InChI is InChI=1S/C11H23NO3Si/c1-4-14-16(6-3,15-5-2)10-8-7-9-12-11-13/h4-10H2,1-3H3. The lowest BCUT2D eigenvalue weighted by atomic mass is 10.3. The summed E-state index contributed by atoms with van der Waals surface area (Å²) in [5.41, 5.74) is 0. The molecular formula is C11H23NO3Si. The van der Waals surface area contributed by atoms with E-state index in [0.717, 1.165) is 24.9 Å². The maximum absolute atomic E-state index is 9.89. The summed E-state index contributed by atoms with van der Waals surface area (Å²) in [6, 6.07) is 1.96. The molecule has 0 aliphatic heterocycles. The van der Waals surface area contributed by atoms with Crippen LogP contribution in [0.15, 0.2) is 4.99 Å². The molecule has 0 aromatic rings. The highest BCUT2D eigenvalue weighted by Gasteiger charge is 2.33. The molecule has 0 N–H and O–H groups in total. The third-order valence-electron chi connectivity index (χ3n) is 2.50. The van der Waals surface area contributed by atoms with Gasteiger partial charge >= 0.3 is 8.56 Å². The molecule has 0 saturated carbocycles. The van der Waals surface area contributed by atoms with Gasteiger partial charge in [-0.05, 0) is 38.8 Å². The van der Waals surface area contributed by atoms with E-state index < -0.39 is 8.56 Å². The Morgan fingerprint density at radius 3 is 2.19 bits per heavy atom. The van der Waals surface area contributed by atoms with Crippen molar-refractivity contribution in [1.82, 2.24) is 0 Å². The maximum Gasteiger partial charge on any atom is 0.337 e. The van der Waals surface area contributed by atoms with E-state index in [-0.39, 0.29) is 0 Å². The predicted octanol–water partition coefficient (Wildman–Crippen LogP) is 2.64. The minimum atomic E-state index is -1.97. The number of aliphatic imine (C=N–C) groups is 1. The highest BCUT2D eigenvalue weighted by atomic mass is 28.4. The van der Waals surface area contributed by atoms with E-state index in [4.69, 9.17) is 8.85 Å². The first kappa shape index (κ1) is 15.5. The van der Waals surface area contributed by atoms with Crippen LogP contribution in [0.2, 0.25) is 12.1 Å². The van der Waals surface area contributed by atoms with Crippen LogP contribution in [0.4, 0.5) is 0 Å². The first-order chi connectivity index (χ1) is 7.74. The summed E-state index contributed by atoms with van der Waals surface area (Å²) in [5, 5.41) is 0. The second-order valence-electron chi connectivity index (χ2n) is 3.56. The zero-order valence-corrected chi connectivity index (χ0v) is 11.6. The Morgan fingerprint density at radius 1 is 1.12 bits per heavy atom. The molecule has 0 rings (SSSR count). The molecule has 0 fully saturated rings. The Bertz CT molecular complexity index is 211. The quantitative estimate of drug-likeness (QED) is 0.257. The van der Waals surface area contributed by atoms with E-state index in [1.807, 2.05) is 13.8 Å². The highest BCUT2D eigenvalue weighted by molar-refractivity contribution is 6.67. The van der Waals surface area contributed by atoms with Gasteiger partial charge in [0.25, 0.3) is 0 Å². The first-order valence-electron chi connectivity index (χ1n) is 6.06. The van der Waals surface area contributed by atoms with Crippen molar-refractivity contribution in [2.45, 2.75) is 45.7 Å². The molecule has 0 aliphatic rings. The lowest BCUT2D eigenvalue weighted by Crippen LogP contribution is -2.41. The van der Waals surface area contributed by atoms with Crippen molar-refractivity contribution in [2.24, 2.45) is 4.99 Å². The van der Waals surface area contributed by atoms with Crippen molar-refractivity contribution in [1.29, 1.82) is 0 Å². The Kier molecular flexibility index (Phi) is 9.43. The number of isocyanates is 1. The zero-order chi connectivity index (χ0) is 12.3. The normalized spacial score (nSPS) is 11.2. The molecule has 5 heteroatoms. The van der Waals surface area contributed by atoms with Crippen LogP contribution in [0.1, 0.15) is 33.6 Å². The van der Waals surface area contributed by atoms with Gasteiger partial charge in [-0.2, -0.15) is 0 Å². The van der Waals surface area contributed by atoms with Crippen LogP contribution >= 0.6 is 0 Å². The molecule has 0 atom stereocenters. The van der Waals surface area contributed by atoms with Gasteiger partial charge < -0.3 is 8.85 Å². The molecule has 0 amide bonds. The van der Waals surface area contributed by atoms with Gasteiger partial charge in [0, 0.05) is 13.2 Å². The van der Waals surface area contributed by atoms with E-state index in [1.165, 1.54) is 0 Å². The van der Waals surface area contributed by atoms with Crippen LogP contribution in [0.25, 0.3) is 0 Å². The molecule has 0 saturated heterocycles. The summed E-state index contributed by atoms with van der Waals surface area (Å²) < 4.78 is 11.7. The molecule has 0 unspecified atom stereocenters. The number of rotatable bonds is 10. The molecule has 16 heavy (non-hydrogen) atoms. The van der Waals surface area contributed by atoms with Crippen molar-refractivity contribution >= 4 is 14.6 Å². The van der Waals surface area contributed by atoms with E-state index in [0.29, 0.717) is 19.8 Å². The van der Waals surface area contributed by atoms with Gasteiger partial charge in [0.2, 0.25) is 6.08 Å². The fraction of sp³-hybridized carbons (Fsp3) is 0.909. The number of hydrogen-bond donors (Lipinski definition) is 0. The number of hydrogen-bond acceptors (Lipinski definition) is 4.